The number of aromatic nitrogens is 1. The number of benzene rings is 1. The van der Waals surface area contributed by atoms with Crippen molar-refractivity contribution in [2.45, 2.75) is 32.6 Å². The summed E-state index contributed by atoms with van der Waals surface area (Å²) in [5, 5.41) is 2.86. The van der Waals surface area contributed by atoms with Crippen molar-refractivity contribution in [2.75, 3.05) is 26.0 Å². The number of nitrogen functional groups attached to an aromatic ring is 1. The van der Waals surface area contributed by atoms with Gasteiger partial charge in [0.2, 0.25) is 5.91 Å². The molecule has 6 nitrogen and oxygen atoms in total. The van der Waals surface area contributed by atoms with Gasteiger partial charge < -0.3 is 20.5 Å². The van der Waals surface area contributed by atoms with E-state index in [0.717, 1.165) is 36.8 Å². The lowest BCUT2D eigenvalue weighted by molar-refractivity contribution is -0.116. The van der Waals surface area contributed by atoms with E-state index in [9.17, 15) is 4.79 Å². The smallest absolute Gasteiger partial charge is 0.244 e. The molecule has 6 heteroatoms. The van der Waals surface area contributed by atoms with Crippen molar-refractivity contribution < 1.29 is 14.3 Å². The van der Waals surface area contributed by atoms with Crippen molar-refractivity contribution in [1.29, 1.82) is 0 Å². The Labute approximate surface area is 166 Å². The third-order valence-corrected chi connectivity index (χ3v) is 4.28. The molecule has 2 rings (SSSR count). The first-order valence-corrected chi connectivity index (χ1v) is 9.59. The maximum atomic E-state index is 12.1. The van der Waals surface area contributed by atoms with Gasteiger partial charge in [0, 0.05) is 30.6 Å². The fourth-order valence-electron chi connectivity index (χ4n) is 2.68. The molecule has 0 saturated carbocycles. The van der Waals surface area contributed by atoms with Gasteiger partial charge in [-0.2, -0.15) is 0 Å². The minimum absolute atomic E-state index is 0.172. The molecule has 0 fully saturated rings. The van der Waals surface area contributed by atoms with Crippen LogP contribution in [0, 0.1) is 0 Å². The fraction of sp³-hybridized carbons (Fsp3) is 0.364. The van der Waals surface area contributed by atoms with E-state index in [1.807, 2.05) is 18.2 Å². The summed E-state index contributed by atoms with van der Waals surface area (Å²) in [5.74, 6) is 0.946. The normalized spacial score (nSPS) is 10.8. The van der Waals surface area contributed by atoms with E-state index in [0.29, 0.717) is 30.3 Å². The number of anilines is 1. The van der Waals surface area contributed by atoms with Crippen molar-refractivity contribution in [2.24, 2.45) is 0 Å². The van der Waals surface area contributed by atoms with Crippen LogP contribution in [0.5, 0.6) is 11.5 Å². The molecule has 1 heterocycles. The van der Waals surface area contributed by atoms with Crippen molar-refractivity contribution in [3.8, 4) is 11.5 Å². The van der Waals surface area contributed by atoms with Crippen molar-refractivity contribution in [3.05, 3.63) is 53.9 Å². The number of hydrogen-bond acceptors (Lipinski definition) is 5. The molecule has 1 amide bonds. The van der Waals surface area contributed by atoms with E-state index < -0.39 is 0 Å². The van der Waals surface area contributed by atoms with E-state index in [2.05, 4.69) is 17.2 Å². The van der Waals surface area contributed by atoms with Gasteiger partial charge in [0.1, 0.15) is 0 Å². The van der Waals surface area contributed by atoms with Crippen LogP contribution >= 0.6 is 0 Å². The molecule has 0 aliphatic heterocycles. The predicted molar refractivity (Wildman–Crippen MR) is 112 cm³/mol. The summed E-state index contributed by atoms with van der Waals surface area (Å²) in [6.45, 7) is 3.27. The molecule has 0 aliphatic rings. The average Bonchev–Trinajstić information content (AvgIpc) is 2.72. The summed E-state index contributed by atoms with van der Waals surface area (Å²) in [4.78, 5) is 16.0. The minimum atomic E-state index is -0.172. The van der Waals surface area contributed by atoms with Crippen LogP contribution < -0.4 is 20.5 Å². The Morgan fingerprint density at radius 1 is 1.21 bits per heavy atom. The quantitative estimate of drug-likeness (QED) is 0.352. The summed E-state index contributed by atoms with van der Waals surface area (Å²) in [5.41, 5.74) is 8.56. The van der Waals surface area contributed by atoms with Gasteiger partial charge in [-0.1, -0.05) is 19.8 Å². The molecule has 1 aromatic heterocycles. The summed E-state index contributed by atoms with van der Waals surface area (Å²) in [6, 6.07) is 7.48. The third-order valence-electron chi connectivity index (χ3n) is 4.28. The van der Waals surface area contributed by atoms with E-state index in [1.165, 1.54) is 6.08 Å². The number of nitrogens with zero attached hydrogens (tertiary/aromatic N) is 1. The molecule has 0 unspecified atom stereocenters. The molecule has 0 saturated heterocycles. The summed E-state index contributed by atoms with van der Waals surface area (Å²) >= 11 is 0. The average molecular weight is 383 g/mol. The molecule has 0 spiro atoms. The first-order valence-electron chi connectivity index (χ1n) is 9.59. The lowest BCUT2D eigenvalue weighted by atomic mass is 10.1. The molecule has 0 atom stereocenters. The van der Waals surface area contributed by atoms with Gasteiger partial charge in [0.25, 0.3) is 0 Å². The summed E-state index contributed by atoms with van der Waals surface area (Å²) in [6.07, 6.45) is 10.6. The lowest BCUT2D eigenvalue weighted by Gasteiger charge is -2.14. The highest BCUT2D eigenvalue weighted by Crippen LogP contribution is 2.36. The van der Waals surface area contributed by atoms with Gasteiger partial charge >= 0.3 is 0 Å². The van der Waals surface area contributed by atoms with Crippen molar-refractivity contribution in [1.82, 2.24) is 10.3 Å². The SMILES string of the molecule is CCCCCOc1c(OC)ccc(C=CC(=O)NCCc2ccncc2)c1N. The van der Waals surface area contributed by atoms with Crippen LogP contribution in [0.3, 0.4) is 0 Å². The Morgan fingerprint density at radius 3 is 2.71 bits per heavy atom. The van der Waals surface area contributed by atoms with Gasteiger partial charge in [-0.15, -0.1) is 0 Å². The summed E-state index contributed by atoms with van der Waals surface area (Å²) < 4.78 is 11.2. The number of ether oxygens (including phenoxy) is 2. The number of methoxy groups -OCH3 is 1. The molecule has 2 aromatic rings. The zero-order chi connectivity index (χ0) is 20.2. The number of nitrogens with two attached hydrogens (primary N) is 1. The molecule has 0 radical (unpaired) electrons. The predicted octanol–water partition coefficient (Wildman–Crippen LogP) is 3.61. The molecule has 28 heavy (non-hydrogen) atoms. The maximum absolute atomic E-state index is 12.1. The number of pyridine rings is 1. The number of nitrogens with one attached hydrogen (secondary N) is 1. The minimum Gasteiger partial charge on any atom is -0.493 e. The number of amides is 1. The van der Waals surface area contributed by atoms with Gasteiger partial charge in [-0.05, 0) is 48.7 Å². The standard InChI is InChI=1S/C22H29N3O3/c1-3-4-5-16-28-22-19(27-2)8-6-18(21(22)23)7-9-20(26)25-15-12-17-10-13-24-14-11-17/h6-11,13-14H,3-5,12,15-16,23H2,1-2H3,(H,25,26). The highest BCUT2D eigenvalue weighted by molar-refractivity contribution is 5.93. The van der Waals surface area contributed by atoms with Gasteiger partial charge in [0.15, 0.2) is 11.5 Å². The summed E-state index contributed by atoms with van der Waals surface area (Å²) in [7, 11) is 1.58. The van der Waals surface area contributed by atoms with Crippen LogP contribution in [0.2, 0.25) is 0 Å². The van der Waals surface area contributed by atoms with Crippen LogP contribution in [-0.2, 0) is 11.2 Å². The molecule has 0 bridgehead atoms. The monoisotopic (exact) mass is 383 g/mol. The molecular weight excluding hydrogens is 354 g/mol. The van der Waals surface area contributed by atoms with Crippen LogP contribution in [-0.4, -0.2) is 31.2 Å². The van der Waals surface area contributed by atoms with Crippen LogP contribution in [0.4, 0.5) is 5.69 Å². The fourth-order valence-corrected chi connectivity index (χ4v) is 2.68. The second-order valence-corrected chi connectivity index (χ2v) is 6.39. The first kappa shape index (κ1) is 21.3. The largest absolute Gasteiger partial charge is 0.493 e. The number of unbranched alkanes of at least 4 members (excludes halogenated alkanes) is 2. The molecule has 1 aromatic carbocycles. The molecule has 0 aliphatic carbocycles. The second kappa shape index (κ2) is 11.6. The van der Waals surface area contributed by atoms with Gasteiger partial charge in [-0.3, -0.25) is 9.78 Å². The van der Waals surface area contributed by atoms with Crippen LogP contribution in [0.1, 0.15) is 37.3 Å². The Hall–Kier alpha value is -3.02. The van der Waals surface area contributed by atoms with Gasteiger partial charge in [-0.25, -0.2) is 0 Å². The first-order chi connectivity index (χ1) is 13.7. The molecule has 150 valence electrons. The number of rotatable bonds is 11. The zero-order valence-corrected chi connectivity index (χ0v) is 16.6. The highest BCUT2D eigenvalue weighted by Gasteiger charge is 2.12. The molecule has 3 N–H and O–H groups in total. The zero-order valence-electron chi connectivity index (χ0n) is 16.6. The van der Waals surface area contributed by atoms with E-state index in [4.69, 9.17) is 15.2 Å². The Kier molecular flexibility index (Phi) is 8.85. The van der Waals surface area contributed by atoms with Crippen LogP contribution in [0.25, 0.3) is 6.08 Å². The number of carbonyl (C=O) groups excluding carboxylic acids is 1. The van der Waals surface area contributed by atoms with Crippen molar-refractivity contribution >= 4 is 17.7 Å². The lowest BCUT2D eigenvalue weighted by Crippen LogP contribution is -2.23. The van der Waals surface area contributed by atoms with E-state index in [1.54, 1.807) is 31.6 Å². The Bertz CT molecular complexity index is 776. The Balaban J connectivity index is 1.94. The maximum Gasteiger partial charge on any atom is 0.244 e. The third kappa shape index (κ3) is 6.61. The Morgan fingerprint density at radius 2 is 2.00 bits per heavy atom. The number of carbonyl (C=O) groups is 1. The van der Waals surface area contributed by atoms with Gasteiger partial charge in [0.05, 0.1) is 19.4 Å². The topological polar surface area (TPSA) is 86.5 Å². The molecular formula is C22H29N3O3. The van der Waals surface area contributed by atoms with E-state index >= 15 is 0 Å². The number of hydrogen-bond donors (Lipinski definition) is 2. The second-order valence-electron chi connectivity index (χ2n) is 6.39. The van der Waals surface area contributed by atoms with E-state index in [-0.39, 0.29) is 5.91 Å². The highest BCUT2D eigenvalue weighted by atomic mass is 16.5. The van der Waals surface area contributed by atoms with Crippen molar-refractivity contribution in [3.63, 3.8) is 0 Å². The van der Waals surface area contributed by atoms with Crippen LogP contribution in [0.15, 0.2) is 42.7 Å².